The topological polar surface area (TPSA) is 98.3 Å². The van der Waals surface area contributed by atoms with Gasteiger partial charge in [0, 0.05) is 21.7 Å². The highest BCUT2D eigenvalue weighted by Crippen LogP contribution is 2.30. The fourth-order valence-corrected chi connectivity index (χ4v) is 3.42. The van der Waals surface area contributed by atoms with E-state index in [-0.39, 0.29) is 5.69 Å². The number of nitro groups is 1. The maximum atomic E-state index is 13.0. The van der Waals surface area contributed by atoms with Crippen LogP contribution < -0.4 is 5.32 Å². The van der Waals surface area contributed by atoms with Crippen molar-refractivity contribution >= 4 is 33.2 Å². The monoisotopic (exact) mass is 477 g/mol. The number of carbonyl (C=O) groups is 1. The summed E-state index contributed by atoms with van der Waals surface area (Å²) in [4.78, 5) is 28.0. The second kappa shape index (κ2) is 8.53. The number of aromatic nitrogens is 1. The van der Waals surface area contributed by atoms with E-state index in [9.17, 15) is 14.9 Å². The molecule has 0 fully saturated rings. The minimum absolute atomic E-state index is 0.0575. The molecule has 8 heteroatoms. The minimum Gasteiger partial charge on any atom is -0.436 e. The number of nitro benzene ring substituents is 1. The maximum absolute atomic E-state index is 13.0. The van der Waals surface area contributed by atoms with E-state index in [1.165, 1.54) is 12.1 Å². The molecule has 0 aliphatic carbocycles. The molecule has 0 aliphatic heterocycles. The van der Waals surface area contributed by atoms with Crippen molar-refractivity contribution in [3.8, 4) is 22.8 Å². The van der Waals surface area contributed by atoms with Gasteiger partial charge in [-0.2, -0.15) is 0 Å². The van der Waals surface area contributed by atoms with E-state index in [4.69, 9.17) is 4.42 Å². The molecule has 0 unspecified atom stereocenters. The smallest absolute Gasteiger partial charge is 0.274 e. The zero-order valence-corrected chi connectivity index (χ0v) is 17.9. The number of halogens is 1. The molecule has 1 aromatic heterocycles. The van der Waals surface area contributed by atoms with E-state index >= 15 is 0 Å². The summed E-state index contributed by atoms with van der Waals surface area (Å²) >= 11 is 3.40. The van der Waals surface area contributed by atoms with Gasteiger partial charge in [0.2, 0.25) is 5.89 Å². The first-order valence-corrected chi connectivity index (χ1v) is 10.1. The first-order chi connectivity index (χ1) is 14.9. The molecular weight excluding hydrogens is 462 g/mol. The van der Waals surface area contributed by atoms with Gasteiger partial charge >= 0.3 is 0 Å². The van der Waals surface area contributed by atoms with Gasteiger partial charge in [0.05, 0.1) is 27.9 Å². The molecule has 0 radical (unpaired) electrons. The van der Waals surface area contributed by atoms with Crippen LogP contribution >= 0.6 is 15.9 Å². The zero-order chi connectivity index (χ0) is 22.0. The quantitative estimate of drug-likeness (QED) is 0.271. The summed E-state index contributed by atoms with van der Waals surface area (Å²) in [6, 6.07) is 19.1. The van der Waals surface area contributed by atoms with Gasteiger partial charge in [0.1, 0.15) is 0 Å². The number of hydrogen-bond acceptors (Lipinski definition) is 5. The van der Waals surface area contributed by atoms with Crippen LogP contribution in [0.25, 0.3) is 22.8 Å². The lowest BCUT2D eigenvalue weighted by Gasteiger charge is -2.10. The third-order valence-electron chi connectivity index (χ3n) is 4.79. The molecule has 4 aromatic rings. The van der Waals surface area contributed by atoms with Gasteiger partial charge in [0.25, 0.3) is 11.6 Å². The predicted octanol–water partition coefficient (Wildman–Crippen LogP) is 6.24. The Balaban J connectivity index is 1.65. The van der Waals surface area contributed by atoms with Crippen LogP contribution in [0.3, 0.4) is 0 Å². The number of rotatable bonds is 5. The van der Waals surface area contributed by atoms with Crippen molar-refractivity contribution in [2.45, 2.75) is 6.92 Å². The van der Waals surface area contributed by atoms with Gasteiger partial charge in [-0.3, -0.25) is 14.9 Å². The summed E-state index contributed by atoms with van der Waals surface area (Å²) < 4.78 is 6.87. The molecule has 1 N–H and O–H groups in total. The van der Waals surface area contributed by atoms with Crippen molar-refractivity contribution in [1.29, 1.82) is 0 Å². The zero-order valence-electron chi connectivity index (χ0n) is 16.3. The Hall–Kier alpha value is -3.78. The molecule has 0 bridgehead atoms. The Morgan fingerprint density at radius 1 is 1.06 bits per heavy atom. The summed E-state index contributed by atoms with van der Waals surface area (Å²) in [5.74, 6) is 0.467. The lowest BCUT2D eigenvalue weighted by molar-refractivity contribution is -0.385. The number of oxazole rings is 1. The number of carbonyl (C=O) groups excluding carboxylic acids is 1. The predicted molar refractivity (Wildman–Crippen MR) is 121 cm³/mol. The van der Waals surface area contributed by atoms with Crippen LogP contribution in [-0.4, -0.2) is 15.8 Å². The van der Waals surface area contributed by atoms with E-state index in [0.717, 1.165) is 10.0 Å². The average molecular weight is 478 g/mol. The van der Waals surface area contributed by atoms with Crippen molar-refractivity contribution in [1.82, 2.24) is 4.98 Å². The number of benzene rings is 3. The Morgan fingerprint density at radius 2 is 1.81 bits per heavy atom. The maximum Gasteiger partial charge on any atom is 0.274 e. The van der Waals surface area contributed by atoms with Crippen LogP contribution in [0, 0.1) is 17.0 Å². The molecule has 0 aliphatic rings. The molecule has 154 valence electrons. The molecule has 0 saturated heterocycles. The molecule has 31 heavy (non-hydrogen) atoms. The highest BCUT2D eigenvalue weighted by molar-refractivity contribution is 9.10. The van der Waals surface area contributed by atoms with Gasteiger partial charge in [-0.1, -0.05) is 46.3 Å². The first kappa shape index (κ1) is 20.5. The number of nitrogens with one attached hydrogen (secondary N) is 1. The second-order valence-corrected chi connectivity index (χ2v) is 7.66. The van der Waals surface area contributed by atoms with Crippen molar-refractivity contribution in [3.05, 3.63) is 98.6 Å². The first-order valence-electron chi connectivity index (χ1n) is 9.30. The summed E-state index contributed by atoms with van der Waals surface area (Å²) in [5.41, 5.74) is 2.42. The summed E-state index contributed by atoms with van der Waals surface area (Å²) in [6.07, 6.45) is 1.61. The molecular formula is C23H16BrN3O4. The van der Waals surface area contributed by atoms with Crippen molar-refractivity contribution in [2.75, 3.05) is 5.32 Å². The van der Waals surface area contributed by atoms with Gasteiger partial charge in [0.15, 0.2) is 5.76 Å². The summed E-state index contributed by atoms with van der Waals surface area (Å²) in [5, 5.41) is 13.9. The van der Waals surface area contributed by atoms with Crippen LogP contribution in [0.15, 0.2) is 81.8 Å². The highest BCUT2D eigenvalue weighted by Gasteiger charge is 2.19. The molecule has 0 saturated carbocycles. The van der Waals surface area contributed by atoms with Crippen LogP contribution in [0.5, 0.6) is 0 Å². The van der Waals surface area contributed by atoms with Gasteiger partial charge in [-0.15, -0.1) is 0 Å². The third-order valence-corrected chi connectivity index (χ3v) is 5.32. The molecule has 4 rings (SSSR count). The average Bonchev–Trinajstić information content (AvgIpc) is 3.25. The molecule has 7 nitrogen and oxygen atoms in total. The summed E-state index contributed by atoms with van der Waals surface area (Å²) in [7, 11) is 0. The number of hydrogen-bond donors (Lipinski definition) is 1. The van der Waals surface area contributed by atoms with Crippen molar-refractivity contribution in [2.24, 2.45) is 0 Å². The standard InChI is InChI=1S/C23H16BrN3O4/c1-14-19(7-4-8-20(14)27(29)30)26-22(28)17-5-2-3-6-18(17)23-25-13-21(31-23)15-9-11-16(24)12-10-15/h2-13H,1H3,(H,26,28). The van der Waals surface area contributed by atoms with Crippen LogP contribution in [0.4, 0.5) is 11.4 Å². The lowest BCUT2D eigenvalue weighted by atomic mass is 10.1. The largest absolute Gasteiger partial charge is 0.436 e. The molecule has 0 atom stereocenters. The van der Waals surface area contributed by atoms with Crippen LogP contribution in [0.1, 0.15) is 15.9 Å². The third kappa shape index (κ3) is 4.24. The van der Waals surface area contributed by atoms with E-state index in [0.29, 0.717) is 34.0 Å². The van der Waals surface area contributed by atoms with E-state index < -0.39 is 10.8 Å². The van der Waals surface area contributed by atoms with E-state index in [1.807, 2.05) is 24.3 Å². The van der Waals surface area contributed by atoms with Crippen molar-refractivity contribution in [3.63, 3.8) is 0 Å². The second-order valence-electron chi connectivity index (χ2n) is 6.74. The highest BCUT2D eigenvalue weighted by atomic mass is 79.9. The van der Waals surface area contributed by atoms with Crippen LogP contribution in [0.2, 0.25) is 0 Å². The number of amides is 1. The lowest BCUT2D eigenvalue weighted by Crippen LogP contribution is -2.14. The summed E-state index contributed by atoms with van der Waals surface area (Å²) in [6.45, 7) is 1.60. The Morgan fingerprint density at radius 3 is 2.55 bits per heavy atom. The molecule has 1 heterocycles. The van der Waals surface area contributed by atoms with E-state index in [2.05, 4.69) is 26.2 Å². The SMILES string of the molecule is Cc1c(NC(=O)c2ccccc2-c2ncc(-c3ccc(Br)cc3)o2)cccc1[N+](=O)[O-]. The minimum atomic E-state index is -0.477. The van der Waals surface area contributed by atoms with Gasteiger partial charge in [-0.05, 0) is 37.3 Å². The Bertz CT molecular complexity index is 1280. The molecule has 3 aromatic carbocycles. The van der Waals surface area contributed by atoms with E-state index in [1.54, 1.807) is 43.5 Å². The van der Waals surface area contributed by atoms with Gasteiger partial charge < -0.3 is 9.73 Å². The van der Waals surface area contributed by atoms with Crippen molar-refractivity contribution < 1.29 is 14.1 Å². The Labute approximate surface area is 186 Å². The number of nitrogens with zero attached hydrogens (tertiary/aromatic N) is 2. The Kier molecular flexibility index (Phi) is 5.64. The molecule has 0 spiro atoms. The fraction of sp³-hybridized carbons (Fsp3) is 0.0435. The van der Waals surface area contributed by atoms with Crippen LogP contribution in [-0.2, 0) is 0 Å². The number of anilines is 1. The van der Waals surface area contributed by atoms with Gasteiger partial charge in [-0.25, -0.2) is 4.98 Å². The fourth-order valence-electron chi connectivity index (χ4n) is 3.16. The molecule has 1 amide bonds. The normalized spacial score (nSPS) is 10.6.